The van der Waals surface area contributed by atoms with Gasteiger partial charge in [0.05, 0.1) is 11.9 Å². The molecule has 0 spiro atoms. The van der Waals surface area contributed by atoms with E-state index < -0.39 is 10.0 Å². The van der Waals surface area contributed by atoms with E-state index in [0.717, 1.165) is 30.1 Å². The van der Waals surface area contributed by atoms with Crippen molar-refractivity contribution < 1.29 is 13.2 Å². The lowest BCUT2D eigenvalue weighted by Gasteiger charge is -2.28. The minimum atomic E-state index is -3.61. The van der Waals surface area contributed by atoms with E-state index in [1.165, 1.54) is 19.3 Å². The Hall–Kier alpha value is -2.91. The fourth-order valence-corrected chi connectivity index (χ4v) is 5.35. The van der Waals surface area contributed by atoms with Crippen molar-refractivity contribution in [2.45, 2.75) is 23.5 Å². The third kappa shape index (κ3) is 4.80. The van der Waals surface area contributed by atoms with Gasteiger partial charge in [0, 0.05) is 24.3 Å². The highest BCUT2D eigenvalue weighted by molar-refractivity contribution is 7.94. The fourth-order valence-electron chi connectivity index (χ4n) is 3.30. The number of anilines is 3. The summed E-state index contributed by atoms with van der Waals surface area (Å²) in [6.07, 6.45) is 5.44. The molecule has 3 aromatic rings. The first-order valence-electron chi connectivity index (χ1n) is 9.70. The van der Waals surface area contributed by atoms with Gasteiger partial charge in [0.25, 0.3) is 15.9 Å². The lowest BCUT2D eigenvalue weighted by atomic mass is 10.1. The molecular weight excluding hydrogens is 420 g/mol. The largest absolute Gasteiger partial charge is 0.370 e. The van der Waals surface area contributed by atoms with Gasteiger partial charge in [0.15, 0.2) is 0 Å². The van der Waals surface area contributed by atoms with Crippen LogP contribution in [-0.4, -0.2) is 32.4 Å². The van der Waals surface area contributed by atoms with E-state index in [4.69, 9.17) is 0 Å². The first-order chi connectivity index (χ1) is 14.5. The molecule has 156 valence electrons. The van der Waals surface area contributed by atoms with Crippen molar-refractivity contribution >= 4 is 44.5 Å². The van der Waals surface area contributed by atoms with Crippen molar-refractivity contribution in [2.24, 2.45) is 0 Å². The summed E-state index contributed by atoms with van der Waals surface area (Å²) in [5.41, 5.74) is 1.87. The molecule has 4 rings (SSSR count). The number of amides is 1. The van der Waals surface area contributed by atoms with Gasteiger partial charge in [-0.1, -0.05) is 6.07 Å². The van der Waals surface area contributed by atoms with Gasteiger partial charge in [-0.15, -0.1) is 11.3 Å². The number of thiophene rings is 1. The highest BCUT2D eigenvalue weighted by Gasteiger charge is 2.16. The molecule has 1 fully saturated rings. The molecule has 1 aliphatic heterocycles. The van der Waals surface area contributed by atoms with Crippen LogP contribution in [0.5, 0.6) is 0 Å². The van der Waals surface area contributed by atoms with E-state index in [1.54, 1.807) is 54.0 Å². The quantitative estimate of drug-likeness (QED) is 0.597. The summed E-state index contributed by atoms with van der Waals surface area (Å²) in [7, 11) is -3.61. The smallest absolute Gasteiger partial charge is 0.271 e. The van der Waals surface area contributed by atoms with Crippen LogP contribution >= 0.6 is 11.3 Å². The first-order valence-corrected chi connectivity index (χ1v) is 12.1. The Kier molecular flexibility index (Phi) is 6.01. The Bertz CT molecular complexity index is 1090. The second kappa shape index (κ2) is 8.85. The lowest BCUT2D eigenvalue weighted by molar-refractivity contribution is 0.102. The minimum absolute atomic E-state index is 0.239. The number of benzene rings is 1. The third-order valence-electron chi connectivity index (χ3n) is 4.87. The van der Waals surface area contributed by atoms with E-state index >= 15 is 0 Å². The van der Waals surface area contributed by atoms with E-state index in [9.17, 15) is 13.2 Å². The van der Waals surface area contributed by atoms with Crippen LogP contribution in [0.1, 0.15) is 29.6 Å². The molecule has 0 saturated carbocycles. The van der Waals surface area contributed by atoms with Crippen molar-refractivity contribution in [3.8, 4) is 0 Å². The Morgan fingerprint density at radius 2 is 1.77 bits per heavy atom. The molecule has 0 unspecified atom stereocenters. The third-order valence-corrected chi connectivity index (χ3v) is 7.65. The van der Waals surface area contributed by atoms with Gasteiger partial charge in [-0.2, -0.15) is 0 Å². The normalized spacial score (nSPS) is 14.3. The topological polar surface area (TPSA) is 91.4 Å². The Balaban J connectivity index is 1.38. The Labute approximate surface area is 179 Å². The maximum Gasteiger partial charge on any atom is 0.271 e. The second-order valence-electron chi connectivity index (χ2n) is 7.02. The summed E-state index contributed by atoms with van der Waals surface area (Å²) in [6.45, 7) is 2.08. The summed E-state index contributed by atoms with van der Waals surface area (Å²) in [4.78, 5) is 19.1. The van der Waals surface area contributed by atoms with Gasteiger partial charge in [-0.25, -0.2) is 13.4 Å². The zero-order chi connectivity index (χ0) is 21.0. The summed E-state index contributed by atoms with van der Waals surface area (Å²) < 4.78 is 27.3. The number of piperidine rings is 1. The van der Waals surface area contributed by atoms with Crippen LogP contribution < -0.4 is 14.9 Å². The Morgan fingerprint density at radius 3 is 2.40 bits per heavy atom. The number of sulfonamides is 1. The molecule has 1 aromatic carbocycles. The van der Waals surface area contributed by atoms with Crippen LogP contribution in [-0.2, 0) is 10.0 Å². The lowest BCUT2D eigenvalue weighted by Crippen LogP contribution is -2.29. The monoisotopic (exact) mass is 442 g/mol. The first kappa shape index (κ1) is 20.4. The van der Waals surface area contributed by atoms with Crippen LogP contribution in [0.4, 0.5) is 17.2 Å². The predicted octanol–water partition coefficient (Wildman–Crippen LogP) is 4.19. The molecule has 7 nitrogen and oxygen atoms in total. The number of carbonyl (C=O) groups excluding carboxylic acids is 1. The highest BCUT2D eigenvalue weighted by Crippen LogP contribution is 2.22. The van der Waals surface area contributed by atoms with E-state index in [1.807, 2.05) is 6.07 Å². The van der Waals surface area contributed by atoms with Crippen molar-refractivity contribution in [1.29, 1.82) is 0 Å². The predicted molar refractivity (Wildman–Crippen MR) is 120 cm³/mol. The molecule has 1 saturated heterocycles. The van der Waals surface area contributed by atoms with Crippen molar-refractivity contribution in [3.05, 3.63) is 65.7 Å². The SMILES string of the molecule is O=C(Nc1ccc(N2CCCCC2)cn1)c1ccc(NS(=O)(=O)c2cccs2)cc1. The molecule has 1 aliphatic rings. The van der Waals surface area contributed by atoms with Crippen molar-refractivity contribution in [2.75, 3.05) is 28.0 Å². The number of pyridine rings is 1. The molecule has 1 amide bonds. The zero-order valence-electron chi connectivity index (χ0n) is 16.2. The minimum Gasteiger partial charge on any atom is -0.370 e. The van der Waals surface area contributed by atoms with E-state index in [-0.39, 0.29) is 10.1 Å². The molecule has 2 N–H and O–H groups in total. The average Bonchev–Trinajstić information content (AvgIpc) is 3.31. The maximum absolute atomic E-state index is 12.5. The molecule has 30 heavy (non-hydrogen) atoms. The van der Waals surface area contributed by atoms with E-state index in [2.05, 4.69) is 19.9 Å². The maximum atomic E-state index is 12.5. The van der Waals surface area contributed by atoms with Crippen LogP contribution in [0.25, 0.3) is 0 Å². The molecule has 0 radical (unpaired) electrons. The number of hydrogen-bond donors (Lipinski definition) is 2. The van der Waals surface area contributed by atoms with Gasteiger partial charge in [0.1, 0.15) is 10.0 Å². The number of rotatable bonds is 6. The molecule has 2 aromatic heterocycles. The number of nitrogens with one attached hydrogen (secondary N) is 2. The number of nitrogens with zero attached hydrogens (tertiary/aromatic N) is 2. The molecule has 3 heterocycles. The highest BCUT2D eigenvalue weighted by atomic mass is 32.2. The molecule has 9 heteroatoms. The summed E-state index contributed by atoms with van der Waals surface area (Å²) >= 11 is 1.14. The summed E-state index contributed by atoms with van der Waals surface area (Å²) in [5.74, 6) is 0.170. The number of aromatic nitrogens is 1. The number of carbonyl (C=O) groups is 1. The van der Waals surface area contributed by atoms with Crippen molar-refractivity contribution in [3.63, 3.8) is 0 Å². The van der Waals surface area contributed by atoms with Crippen LogP contribution in [0.15, 0.2) is 64.3 Å². The van der Waals surface area contributed by atoms with Crippen molar-refractivity contribution in [1.82, 2.24) is 4.98 Å². The van der Waals surface area contributed by atoms with Gasteiger partial charge in [0.2, 0.25) is 0 Å². The second-order valence-corrected chi connectivity index (χ2v) is 9.88. The van der Waals surface area contributed by atoms with Gasteiger partial charge in [-0.3, -0.25) is 9.52 Å². The summed E-state index contributed by atoms with van der Waals surface area (Å²) in [5, 5.41) is 4.48. The van der Waals surface area contributed by atoms with Crippen LogP contribution in [0, 0.1) is 0 Å². The van der Waals surface area contributed by atoms with Gasteiger partial charge >= 0.3 is 0 Å². The number of hydrogen-bond acceptors (Lipinski definition) is 6. The van der Waals surface area contributed by atoms with Gasteiger partial charge < -0.3 is 10.2 Å². The zero-order valence-corrected chi connectivity index (χ0v) is 17.9. The molecule has 0 atom stereocenters. The van der Waals surface area contributed by atoms with Crippen LogP contribution in [0.2, 0.25) is 0 Å². The van der Waals surface area contributed by atoms with Gasteiger partial charge in [-0.05, 0) is 67.1 Å². The average molecular weight is 443 g/mol. The fraction of sp³-hybridized carbons (Fsp3) is 0.238. The Morgan fingerprint density at radius 1 is 1.00 bits per heavy atom. The standard InChI is InChI=1S/C21H22N4O3S2/c26-21(23-19-11-10-18(15-22-19)25-12-2-1-3-13-25)16-6-8-17(9-7-16)24-30(27,28)20-5-4-14-29-20/h4-11,14-15,24H,1-3,12-13H2,(H,22,23,26). The summed E-state index contributed by atoms with van der Waals surface area (Å²) in [6, 6.07) is 13.3. The van der Waals surface area contributed by atoms with Crippen LogP contribution in [0.3, 0.4) is 0 Å². The molecule has 0 aliphatic carbocycles. The molecule has 0 bridgehead atoms. The van der Waals surface area contributed by atoms with E-state index in [0.29, 0.717) is 17.1 Å². The molecular formula is C21H22N4O3S2.